The molecule has 0 radical (unpaired) electrons. The van der Waals surface area contributed by atoms with E-state index in [0.29, 0.717) is 27.2 Å². The molecule has 0 aliphatic carbocycles. The van der Waals surface area contributed by atoms with E-state index in [1.54, 1.807) is 14.0 Å². The molecular formula is C15H16N6O2S. The van der Waals surface area contributed by atoms with E-state index in [9.17, 15) is 9.59 Å². The highest BCUT2D eigenvalue weighted by Crippen LogP contribution is 2.26. The van der Waals surface area contributed by atoms with Crippen LogP contribution in [-0.4, -0.2) is 30.2 Å². The van der Waals surface area contributed by atoms with Gasteiger partial charge in [-0.25, -0.2) is 4.98 Å². The first-order valence-electron chi connectivity index (χ1n) is 7.70. The van der Waals surface area contributed by atoms with Gasteiger partial charge >= 0.3 is 0 Å². The molecule has 3 aromatic rings. The van der Waals surface area contributed by atoms with Crippen LogP contribution in [0.1, 0.15) is 33.3 Å². The van der Waals surface area contributed by atoms with Crippen LogP contribution in [0.15, 0.2) is 11.1 Å². The van der Waals surface area contributed by atoms with E-state index in [1.165, 1.54) is 22.2 Å². The lowest BCUT2D eigenvalue weighted by Gasteiger charge is -2.05. The fourth-order valence-electron chi connectivity index (χ4n) is 3.01. The zero-order valence-corrected chi connectivity index (χ0v) is 14.2. The normalized spacial score (nSPS) is 13.4. The summed E-state index contributed by atoms with van der Waals surface area (Å²) in [5.41, 5.74) is 0.538. The summed E-state index contributed by atoms with van der Waals surface area (Å²) in [6, 6.07) is 0. The van der Waals surface area contributed by atoms with Crippen molar-refractivity contribution in [3.05, 3.63) is 38.8 Å². The first-order valence-corrected chi connectivity index (χ1v) is 8.52. The summed E-state index contributed by atoms with van der Waals surface area (Å²) in [5.74, 6) is 1.53. The number of fused-ring (bicyclic) bond motifs is 2. The van der Waals surface area contributed by atoms with Crippen molar-refractivity contribution in [3.63, 3.8) is 0 Å². The second-order valence-corrected chi connectivity index (χ2v) is 6.87. The standard InChI is InChI=1S/C15H16N6O2S/c1-8-11-14(17-7-20(2)15(11)23)24-12(8)13(22)16-6-10-19-18-9-4-3-5-21(9)10/h7H,3-6H2,1-2H3,(H,16,22). The number of hydrogen-bond acceptors (Lipinski definition) is 6. The van der Waals surface area contributed by atoms with E-state index < -0.39 is 0 Å². The highest BCUT2D eigenvalue weighted by atomic mass is 32.1. The second-order valence-electron chi connectivity index (χ2n) is 5.87. The van der Waals surface area contributed by atoms with Crippen LogP contribution in [0, 0.1) is 6.92 Å². The zero-order valence-electron chi connectivity index (χ0n) is 13.4. The van der Waals surface area contributed by atoms with Gasteiger partial charge in [-0.3, -0.25) is 9.59 Å². The fourth-order valence-corrected chi connectivity index (χ4v) is 4.06. The highest BCUT2D eigenvalue weighted by molar-refractivity contribution is 7.20. The predicted octanol–water partition coefficient (Wildman–Crippen LogP) is 0.771. The predicted molar refractivity (Wildman–Crippen MR) is 89.1 cm³/mol. The summed E-state index contributed by atoms with van der Waals surface area (Å²) in [6.07, 6.45) is 3.48. The van der Waals surface area contributed by atoms with Crippen molar-refractivity contribution in [2.45, 2.75) is 32.9 Å². The van der Waals surface area contributed by atoms with E-state index in [0.717, 1.165) is 31.0 Å². The molecule has 1 aliphatic heterocycles. The van der Waals surface area contributed by atoms with E-state index in [1.807, 2.05) is 0 Å². The maximum absolute atomic E-state index is 12.5. The molecule has 0 bridgehead atoms. The molecule has 9 heteroatoms. The molecule has 0 fully saturated rings. The van der Waals surface area contributed by atoms with Crippen molar-refractivity contribution in [2.24, 2.45) is 7.05 Å². The largest absolute Gasteiger partial charge is 0.344 e. The Kier molecular flexibility index (Phi) is 3.45. The van der Waals surface area contributed by atoms with Crippen LogP contribution in [0.4, 0.5) is 0 Å². The summed E-state index contributed by atoms with van der Waals surface area (Å²) in [6.45, 7) is 3.01. The average molecular weight is 344 g/mol. The van der Waals surface area contributed by atoms with Gasteiger partial charge in [0, 0.05) is 20.0 Å². The van der Waals surface area contributed by atoms with Crippen LogP contribution >= 0.6 is 11.3 Å². The minimum atomic E-state index is -0.215. The Labute approximate surface area is 141 Å². The quantitative estimate of drug-likeness (QED) is 0.757. The summed E-state index contributed by atoms with van der Waals surface area (Å²) in [7, 11) is 1.65. The summed E-state index contributed by atoms with van der Waals surface area (Å²) < 4.78 is 3.47. The number of nitrogens with zero attached hydrogens (tertiary/aromatic N) is 5. The lowest BCUT2D eigenvalue weighted by molar-refractivity contribution is 0.0953. The minimum Gasteiger partial charge on any atom is -0.344 e. The van der Waals surface area contributed by atoms with Gasteiger partial charge in [0.25, 0.3) is 11.5 Å². The lowest BCUT2D eigenvalue weighted by Crippen LogP contribution is -2.24. The highest BCUT2D eigenvalue weighted by Gasteiger charge is 2.21. The van der Waals surface area contributed by atoms with E-state index >= 15 is 0 Å². The smallest absolute Gasteiger partial charge is 0.262 e. The molecule has 8 nitrogen and oxygen atoms in total. The van der Waals surface area contributed by atoms with Crippen LogP contribution in [-0.2, 0) is 26.6 Å². The number of hydrogen-bond donors (Lipinski definition) is 1. The summed E-state index contributed by atoms with van der Waals surface area (Å²) in [4.78, 5) is 30.1. The van der Waals surface area contributed by atoms with Gasteiger partial charge in [-0.2, -0.15) is 0 Å². The van der Waals surface area contributed by atoms with Crippen LogP contribution in [0.2, 0.25) is 0 Å². The third-order valence-electron chi connectivity index (χ3n) is 4.31. The number of aromatic nitrogens is 5. The third-order valence-corrected chi connectivity index (χ3v) is 5.51. The minimum absolute atomic E-state index is 0.136. The molecule has 24 heavy (non-hydrogen) atoms. The van der Waals surface area contributed by atoms with Crippen LogP contribution < -0.4 is 10.9 Å². The van der Waals surface area contributed by atoms with Gasteiger partial charge in [-0.1, -0.05) is 0 Å². The molecule has 0 spiro atoms. The molecule has 124 valence electrons. The number of aryl methyl sites for hydroxylation is 3. The maximum atomic E-state index is 12.5. The second kappa shape index (κ2) is 5.52. The Hall–Kier alpha value is -2.55. The van der Waals surface area contributed by atoms with Gasteiger partial charge in [0.2, 0.25) is 0 Å². The molecule has 1 aliphatic rings. The summed E-state index contributed by atoms with van der Waals surface area (Å²) >= 11 is 1.24. The Bertz CT molecular complexity index is 1020. The topological polar surface area (TPSA) is 94.7 Å². The Balaban J connectivity index is 1.60. The number of thiophene rings is 1. The van der Waals surface area contributed by atoms with Crippen LogP contribution in [0.5, 0.6) is 0 Å². The number of carbonyl (C=O) groups is 1. The molecule has 0 saturated carbocycles. The lowest BCUT2D eigenvalue weighted by atomic mass is 10.2. The van der Waals surface area contributed by atoms with E-state index in [2.05, 4.69) is 25.1 Å². The Morgan fingerprint density at radius 2 is 2.25 bits per heavy atom. The van der Waals surface area contributed by atoms with Crippen LogP contribution in [0.25, 0.3) is 10.2 Å². The summed E-state index contributed by atoms with van der Waals surface area (Å²) in [5, 5.41) is 11.7. The molecule has 0 atom stereocenters. The van der Waals surface area contributed by atoms with Gasteiger partial charge in [-0.05, 0) is 18.9 Å². The van der Waals surface area contributed by atoms with Gasteiger partial charge in [0.1, 0.15) is 10.7 Å². The van der Waals surface area contributed by atoms with Gasteiger partial charge in [-0.15, -0.1) is 21.5 Å². The van der Waals surface area contributed by atoms with E-state index in [4.69, 9.17) is 0 Å². The van der Waals surface area contributed by atoms with Crippen molar-refractivity contribution in [2.75, 3.05) is 0 Å². The molecule has 4 heterocycles. The molecule has 0 unspecified atom stereocenters. The number of amides is 1. The SMILES string of the molecule is Cc1c(C(=O)NCc2nnc3n2CCC3)sc2ncn(C)c(=O)c12. The van der Waals surface area contributed by atoms with Gasteiger partial charge in [0.05, 0.1) is 23.1 Å². The van der Waals surface area contributed by atoms with Crippen LogP contribution in [0.3, 0.4) is 0 Å². The zero-order chi connectivity index (χ0) is 16.8. The Morgan fingerprint density at radius 3 is 3.08 bits per heavy atom. The number of nitrogens with one attached hydrogen (secondary N) is 1. The molecule has 0 aromatic carbocycles. The van der Waals surface area contributed by atoms with Crippen molar-refractivity contribution in [1.82, 2.24) is 29.6 Å². The first kappa shape index (κ1) is 15.0. The third kappa shape index (κ3) is 2.23. The number of rotatable bonds is 3. The molecule has 4 rings (SSSR count). The van der Waals surface area contributed by atoms with Crippen molar-refractivity contribution >= 4 is 27.5 Å². The molecule has 0 saturated heterocycles. The maximum Gasteiger partial charge on any atom is 0.262 e. The molecule has 1 N–H and O–H groups in total. The first-order chi connectivity index (χ1) is 11.6. The molecule has 3 aromatic heterocycles. The van der Waals surface area contributed by atoms with Gasteiger partial charge < -0.3 is 14.5 Å². The fraction of sp³-hybridized carbons (Fsp3) is 0.400. The monoisotopic (exact) mass is 344 g/mol. The Morgan fingerprint density at radius 1 is 1.42 bits per heavy atom. The van der Waals surface area contributed by atoms with Gasteiger partial charge in [0.15, 0.2) is 5.82 Å². The average Bonchev–Trinajstić information content (AvgIpc) is 3.24. The number of carbonyl (C=O) groups excluding carboxylic acids is 1. The van der Waals surface area contributed by atoms with Crippen molar-refractivity contribution in [1.29, 1.82) is 0 Å². The van der Waals surface area contributed by atoms with E-state index in [-0.39, 0.29) is 11.5 Å². The van der Waals surface area contributed by atoms with Crippen molar-refractivity contribution in [3.8, 4) is 0 Å². The van der Waals surface area contributed by atoms with Crippen molar-refractivity contribution < 1.29 is 4.79 Å². The molecular weight excluding hydrogens is 328 g/mol. The molecule has 1 amide bonds.